The van der Waals surface area contributed by atoms with Crippen LogP contribution in [0.2, 0.25) is 0 Å². The van der Waals surface area contributed by atoms with E-state index in [2.05, 4.69) is 10.6 Å². The topological polar surface area (TPSA) is 95.5 Å². The lowest BCUT2D eigenvalue weighted by molar-refractivity contribution is -0.137. The van der Waals surface area contributed by atoms with Crippen molar-refractivity contribution in [1.29, 1.82) is 0 Å². The molecule has 1 aromatic carbocycles. The fourth-order valence-corrected chi connectivity index (χ4v) is 1.75. The van der Waals surface area contributed by atoms with Crippen LogP contribution in [-0.4, -0.2) is 35.5 Å². The number of rotatable bonds is 7. The third kappa shape index (κ3) is 6.07. The minimum Gasteiger partial charge on any atom is -0.481 e. The van der Waals surface area contributed by atoms with E-state index in [-0.39, 0.29) is 18.9 Å². The number of hydrogen-bond donors (Lipinski definition) is 3. The molecule has 0 bridgehead atoms. The van der Waals surface area contributed by atoms with Gasteiger partial charge in [0.25, 0.3) is 5.91 Å². The third-order valence-electron chi connectivity index (χ3n) is 3.00. The first kappa shape index (κ1) is 16.7. The number of carboxylic acid groups (broad SMARTS) is 1. The summed E-state index contributed by atoms with van der Waals surface area (Å²) in [6.07, 6.45) is 0.387. The van der Waals surface area contributed by atoms with Crippen LogP contribution in [0.3, 0.4) is 0 Å². The van der Waals surface area contributed by atoms with Crippen molar-refractivity contribution in [2.75, 3.05) is 6.54 Å². The second kappa shape index (κ2) is 8.04. The third-order valence-corrected chi connectivity index (χ3v) is 3.00. The van der Waals surface area contributed by atoms with Gasteiger partial charge in [-0.2, -0.15) is 0 Å². The van der Waals surface area contributed by atoms with E-state index in [1.807, 2.05) is 19.1 Å². The Balaban J connectivity index is 2.43. The summed E-state index contributed by atoms with van der Waals surface area (Å²) in [6.45, 7) is 3.53. The molecule has 0 aliphatic carbocycles. The number of carbonyl (C=O) groups is 3. The Morgan fingerprint density at radius 1 is 1.19 bits per heavy atom. The minimum atomic E-state index is -0.967. The lowest BCUT2D eigenvalue weighted by Gasteiger charge is -2.15. The molecule has 0 aliphatic rings. The fourth-order valence-electron chi connectivity index (χ4n) is 1.75. The van der Waals surface area contributed by atoms with Crippen LogP contribution < -0.4 is 10.6 Å². The number of benzene rings is 1. The van der Waals surface area contributed by atoms with E-state index >= 15 is 0 Å². The predicted octanol–water partition coefficient (Wildman–Crippen LogP) is 1.09. The number of carboxylic acids is 1. The van der Waals surface area contributed by atoms with Crippen LogP contribution in [0.15, 0.2) is 24.3 Å². The molecule has 0 saturated heterocycles. The molecule has 6 heteroatoms. The van der Waals surface area contributed by atoms with Gasteiger partial charge in [0, 0.05) is 11.6 Å². The van der Waals surface area contributed by atoms with E-state index in [1.165, 1.54) is 0 Å². The molecule has 1 unspecified atom stereocenters. The summed E-state index contributed by atoms with van der Waals surface area (Å²) in [5, 5.41) is 13.8. The Bertz CT molecular complexity index is 511. The molecule has 0 fully saturated rings. The quantitative estimate of drug-likeness (QED) is 0.701. The number of aliphatic carboxylic acids is 1. The van der Waals surface area contributed by atoms with Gasteiger partial charge in [0.1, 0.15) is 0 Å². The molecule has 0 saturated carbocycles. The van der Waals surface area contributed by atoms with E-state index < -0.39 is 17.9 Å². The van der Waals surface area contributed by atoms with Gasteiger partial charge in [-0.05, 0) is 25.5 Å². The molecule has 0 aliphatic heterocycles. The van der Waals surface area contributed by atoms with Crippen molar-refractivity contribution in [2.45, 2.75) is 32.7 Å². The maximum absolute atomic E-state index is 11.8. The molecule has 1 rings (SSSR count). The van der Waals surface area contributed by atoms with Crippen LogP contribution in [0.25, 0.3) is 0 Å². The Labute approximate surface area is 123 Å². The Hall–Kier alpha value is -2.37. The van der Waals surface area contributed by atoms with E-state index in [0.717, 1.165) is 5.56 Å². The summed E-state index contributed by atoms with van der Waals surface area (Å²) in [5.41, 5.74) is 1.52. The molecule has 2 amide bonds. The second-order valence-corrected chi connectivity index (χ2v) is 4.82. The number of amides is 2. The summed E-state index contributed by atoms with van der Waals surface area (Å²) in [4.78, 5) is 34.1. The van der Waals surface area contributed by atoms with Crippen LogP contribution >= 0.6 is 0 Å². The Morgan fingerprint density at radius 3 is 2.33 bits per heavy atom. The smallest absolute Gasteiger partial charge is 0.305 e. The monoisotopic (exact) mass is 292 g/mol. The van der Waals surface area contributed by atoms with Crippen LogP contribution in [-0.2, 0) is 9.59 Å². The second-order valence-electron chi connectivity index (χ2n) is 4.82. The highest BCUT2D eigenvalue weighted by Gasteiger charge is 2.14. The first-order chi connectivity index (χ1) is 9.92. The summed E-state index contributed by atoms with van der Waals surface area (Å²) in [6, 6.07) is 6.57. The summed E-state index contributed by atoms with van der Waals surface area (Å²) in [5.74, 6) is -1.70. The maximum atomic E-state index is 11.8. The predicted molar refractivity (Wildman–Crippen MR) is 78.0 cm³/mol. The van der Waals surface area contributed by atoms with E-state index in [0.29, 0.717) is 12.0 Å². The summed E-state index contributed by atoms with van der Waals surface area (Å²) < 4.78 is 0. The Kier molecular flexibility index (Phi) is 6.39. The average molecular weight is 292 g/mol. The molecule has 3 N–H and O–H groups in total. The van der Waals surface area contributed by atoms with Gasteiger partial charge in [0.15, 0.2) is 0 Å². The van der Waals surface area contributed by atoms with Crippen molar-refractivity contribution in [3.05, 3.63) is 35.4 Å². The van der Waals surface area contributed by atoms with E-state index in [1.54, 1.807) is 19.1 Å². The zero-order valence-electron chi connectivity index (χ0n) is 12.2. The summed E-state index contributed by atoms with van der Waals surface area (Å²) in [7, 11) is 0. The normalized spacial score (nSPS) is 11.5. The van der Waals surface area contributed by atoms with Crippen molar-refractivity contribution < 1.29 is 19.5 Å². The minimum absolute atomic E-state index is 0.131. The molecule has 0 radical (unpaired) electrons. The molecule has 114 valence electrons. The molecule has 0 spiro atoms. The van der Waals surface area contributed by atoms with Crippen molar-refractivity contribution >= 4 is 17.8 Å². The highest BCUT2D eigenvalue weighted by Crippen LogP contribution is 2.02. The van der Waals surface area contributed by atoms with Crippen molar-refractivity contribution in [1.82, 2.24) is 10.6 Å². The van der Waals surface area contributed by atoms with Gasteiger partial charge in [0.2, 0.25) is 5.91 Å². The molecular formula is C15H20N2O4. The Morgan fingerprint density at radius 2 is 1.81 bits per heavy atom. The zero-order chi connectivity index (χ0) is 15.8. The molecule has 21 heavy (non-hydrogen) atoms. The molecular weight excluding hydrogens is 272 g/mol. The SMILES string of the molecule is CCC(CC(=O)O)NC(=O)CNC(=O)c1ccc(C)cc1. The molecule has 0 aromatic heterocycles. The molecule has 0 heterocycles. The average Bonchev–Trinajstić information content (AvgIpc) is 2.44. The van der Waals surface area contributed by atoms with Gasteiger partial charge in [-0.1, -0.05) is 24.6 Å². The highest BCUT2D eigenvalue weighted by atomic mass is 16.4. The van der Waals surface area contributed by atoms with Crippen molar-refractivity contribution in [2.24, 2.45) is 0 Å². The van der Waals surface area contributed by atoms with Crippen LogP contribution in [0, 0.1) is 6.92 Å². The van der Waals surface area contributed by atoms with E-state index in [4.69, 9.17) is 5.11 Å². The van der Waals surface area contributed by atoms with Gasteiger partial charge in [-0.15, -0.1) is 0 Å². The summed E-state index contributed by atoms with van der Waals surface area (Å²) >= 11 is 0. The standard InChI is InChI=1S/C15H20N2O4/c1-3-12(8-14(19)20)17-13(18)9-16-15(21)11-6-4-10(2)5-7-11/h4-7,12H,3,8-9H2,1-2H3,(H,16,21)(H,17,18)(H,19,20). The van der Waals surface area contributed by atoms with Crippen LogP contribution in [0.4, 0.5) is 0 Å². The largest absolute Gasteiger partial charge is 0.481 e. The first-order valence-corrected chi connectivity index (χ1v) is 6.78. The number of nitrogens with one attached hydrogen (secondary N) is 2. The molecule has 1 atom stereocenters. The molecule has 1 aromatic rings. The van der Waals surface area contributed by atoms with E-state index in [9.17, 15) is 14.4 Å². The highest BCUT2D eigenvalue weighted by molar-refractivity contribution is 5.96. The van der Waals surface area contributed by atoms with Crippen molar-refractivity contribution in [3.63, 3.8) is 0 Å². The number of aryl methyl sites for hydroxylation is 1. The lowest BCUT2D eigenvalue weighted by Crippen LogP contribution is -2.42. The first-order valence-electron chi connectivity index (χ1n) is 6.78. The number of carbonyl (C=O) groups excluding carboxylic acids is 2. The fraction of sp³-hybridized carbons (Fsp3) is 0.400. The van der Waals surface area contributed by atoms with Gasteiger partial charge < -0.3 is 15.7 Å². The van der Waals surface area contributed by atoms with Gasteiger partial charge in [-0.3, -0.25) is 14.4 Å². The van der Waals surface area contributed by atoms with Crippen molar-refractivity contribution in [3.8, 4) is 0 Å². The number of hydrogen-bond acceptors (Lipinski definition) is 3. The van der Waals surface area contributed by atoms with Crippen LogP contribution in [0.5, 0.6) is 0 Å². The van der Waals surface area contributed by atoms with Gasteiger partial charge in [0.05, 0.1) is 13.0 Å². The van der Waals surface area contributed by atoms with Gasteiger partial charge in [-0.25, -0.2) is 0 Å². The maximum Gasteiger partial charge on any atom is 0.305 e. The van der Waals surface area contributed by atoms with Gasteiger partial charge >= 0.3 is 5.97 Å². The lowest BCUT2D eigenvalue weighted by atomic mass is 10.1. The molecule has 6 nitrogen and oxygen atoms in total. The zero-order valence-corrected chi connectivity index (χ0v) is 12.2. The van der Waals surface area contributed by atoms with Crippen LogP contribution in [0.1, 0.15) is 35.7 Å².